The summed E-state index contributed by atoms with van der Waals surface area (Å²) in [7, 11) is -1.46. The minimum atomic E-state index is -3.14. The van der Waals surface area contributed by atoms with E-state index in [2.05, 4.69) is 48.5 Å². The Balaban J connectivity index is 1.62. The van der Waals surface area contributed by atoms with Crippen LogP contribution in [0.25, 0.3) is 0 Å². The Kier molecular flexibility index (Phi) is 7.76. The molecule has 0 amide bonds. The lowest BCUT2D eigenvalue weighted by Crippen LogP contribution is -2.37. The van der Waals surface area contributed by atoms with Crippen LogP contribution in [0, 0.1) is 6.92 Å². The Morgan fingerprint density at radius 2 is 1.72 bits per heavy atom. The van der Waals surface area contributed by atoms with Crippen molar-refractivity contribution < 1.29 is 13.6 Å². The third-order valence-electron chi connectivity index (χ3n) is 7.23. The quantitative estimate of drug-likeness (QED) is 0.294. The molecule has 1 atom stereocenters. The molecule has 0 aliphatic carbocycles. The molecule has 4 rings (SSSR count). The number of pyridine rings is 1. The van der Waals surface area contributed by atoms with Gasteiger partial charge in [-0.15, -0.1) is 0 Å². The summed E-state index contributed by atoms with van der Waals surface area (Å²) in [5.41, 5.74) is 5.71. The van der Waals surface area contributed by atoms with E-state index < -0.39 is 10.0 Å². The molecule has 1 N–H and O–H groups in total. The number of aryl methyl sites for hydroxylation is 2. The maximum absolute atomic E-state index is 11.8. The summed E-state index contributed by atoms with van der Waals surface area (Å²) in [5, 5.41) is 13.5. The molecule has 8 heteroatoms. The fourth-order valence-corrected chi connectivity index (χ4v) is 5.95. The fraction of sp³-hybridized carbons (Fsp3) is 0.357. The SMILES string of the molecule is Cc1ccccc1C(C/C(=N/O)c1ccc(=O)n(C)c1)c1ccc(C2CCN(S(C)(=O)=O)CC2)cc1. The smallest absolute Gasteiger partial charge is 0.250 e. The van der Waals surface area contributed by atoms with Crippen molar-refractivity contribution in [3.63, 3.8) is 0 Å². The van der Waals surface area contributed by atoms with E-state index in [0.29, 0.717) is 36.7 Å². The molecule has 1 saturated heterocycles. The van der Waals surface area contributed by atoms with Gasteiger partial charge < -0.3 is 9.77 Å². The molecule has 1 aliphatic heterocycles. The van der Waals surface area contributed by atoms with Gasteiger partial charge in [-0.2, -0.15) is 0 Å². The first-order valence-corrected chi connectivity index (χ1v) is 14.0. The number of sulfonamides is 1. The third-order valence-corrected chi connectivity index (χ3v) is 8.54. The number of aromatic nitrogens is 1. The molecule has 1 aromatic heterocycles. The summed E-state index contributed by atoms with van der Waals surface area (Å²) in [4.78, 5) is 11.8. The van der Waals surface area contributed by atoms with E-state index in [9.17, 15) is 18.4 Å². The standard InChI is InChI=1S/C28H33N3O4S/c1-20-6-4-5-7-25(20)26(18-27(29-33)24-12-13-28(32)30(2)19-24)23-10-8-21(9-11-23)22-14-16-31(17-15-22)36(3,34)35/h4-13,19,22,26,33H,14-18H2,1-3H3/b29-27-. The zero-order valence-corrected chi connectivity index (χ0v) is 21.8. The van der Waals surface area contributed by atoms with Crippen molar-refractivity contribution in [1.29, 1.82) is 0 Å². The molecule has 1 aliphatic rings. The van der Waals surface area contributed by atoms with Crippen molar-refractivity contribution in [2.45, 2.75) is 38.0 Å². The molecule has 0 spiro atoms. The lowest BCUT2D eigenvalue weighted by molar-refractivity contribution is 0.317. The predicted molar refractivity (Wildman–Crippen MR) is 142 cm³/mol. The Labute approximate surface area is 212 Å². The second kappa shape index (κ2) is 10.8. The van der Waals surface area contributed by atoms with Crippen LogP contribution in [0.2, 0.25) is 0 Å². The number of oxime groups is 1. The summed E-state index contributed by atoms with van der Waals surface area (Å²) in [5.74, 6) is 0.282. The summed E-state index contributed by atoms with van der Waals surface area (Å²) < 4.78 is 26.7. The number of nitrogens with zero attached hydrogens (tertiary/aromatic N) is 3. The maximum atomic E-state index is 11.8. The van der Waals surface area contributed by atoms with Crippen molar-refractivity contribution in [2.24, 2.45) is 12.2 Å². The molecule has 3 aromatic rings. The normalized spacial score (nSPS) is 16.7. The Bertz CT molecular complexity index is 1400. The number of piperidine rings is 1. The van der Waals surface area contributed by atoms with Gasteiger partial charge >= 0.3 is 0 Å². The zero-order chi connectivity index (χ0) is 25.9. The minimum Gasteiger partial charge on any atom is -0.411 e. The predicted octanol–water partition coefficient (Wildman–Crippen LogP) is 4.23. The molecule has 190 valence electrons. The van der Waals surface area contributed by atoms with E-state index in [4.69, 9.17) is 0 Å². The molecule has 1 unspecified atom stereocenters. The van der Waals surface area contributed by atoms with Crippen molar-refractivity contribution in [2.75, 3.05) is 19.3 Å². The highest BCUT2D eigenvalue weighted by Crippen LogP contribution is 2.34. The van der Waals surface area contributed by atoms with E-state index in [1.54, 1.807) is 23.6 Å². The average molecular weight is 508 g/mol. The molecule has 2 heterocycles. The molecule has 7 nitrogen and oxygen atoms in total. The third kappa shape index (κ3) is 5.77. The highest BCUT2D eigenvalue weighted by molar-refractivity contribution is 7.88. The maximum Gasteiger partial charge on any atom is 0.250 e. The van der Waals surface area contributed by atoms with E-state index in [1.165, 1.54) is 22.5 Å². The Hall–Kier alpha value is -3.23. The van der Waals surface area contributed by atoms with Gasteiger partial charge in [-0.1, -0.05) is 53.7 Å². The zero-order valence-electron chi connectivity index (χ0n) is 21.0. The van der Waals surface area contributed by atoms with E-state index in [0.717, 1.165) is 29.5 Å². The van der Waals surface area contributed by atoms with E-state index in [-0.39, 0.29) is 11.5 Å². The van der Waals surface area contributed by atoms with Crippen LogP contribution in [0.3, 0.4) is 0 Å². The molecule has 1 fully saturated rings. The average Bonchev–Trinajstić information content (AvgIpc) is 2.87. The highest BCUT2D eigenvalue weighted by Gasteiger charge is 2.26. The Morgan fingerprint density at radius 1 is 1.06 bits per heavy atom. The molecule has 0 saturated carbocycles. The Morgan fingerprint density at radius 3 is 2.31 bits per heavy atom. The van der Waals surface area contributed by atoms with Crippen LogP contribution >= 0.6 is 0 Å². The molecular formula is C28H33N3O4S. The first-order chi connectivity index (χ1) is 17.2. The second-order valence-electron chi connectivity index (χ2n) is 9.63. The molecule has 0 radical (unpaired) electrons. The first-order valence-electron chi connectivity index (χ1n) is 12.2. The van der Waals surface area contributed by atoms with Gasteiger partial charge in [-0.25, -0.2) is 12.7 Å². The number of rotatable bonds is 7. The van der Waals surface area contributed by atoms with Crippen LogP contribution in [-0.2, 0) is 17.1 Å². The van der Waals surface area contributed by atoms with Crippen molar-refractivity contribution in [3.8, 4) is 0 Å². The molecular weight excluding hydrogens is 474 g/mol. The molecule has 2 aromatic carbocycles. The van der Waals surface area contributed by atoms with E-state index in [1.807, 2.05) is 12.1 Å². The van der Waals surface area contributed by atoms with E-state index >= 15 is 0 Å². The summed E-state index contributed by atoms with van der Waals surface area (Å²) in [6.07, 6.45) is 5.04. The fourth-order valence-electron chi connectivity index (χ4n) is 5.08. The lowest BCUT2D eigenvalue weighted by atomic mass is 9.82. The van der Waals surface area contributed by atoms with Crippen molar-refractivity contribution >= 4 is 15.7 Å². The first kappa shape index (κ1) is 25.9. The minimum absolute atomic E-state index is 0.0459. The van der Waals surface area contributed by atoms with Gasteiger partial charge in [-0.3, -0.25) is 4.79 Å². The van der Waals surface area contributed by atoms with Gasteiger partial charge in [0.05, 0.1) is 12.0 Å². The van der Waals surface area contributed by atoms with Crippen LogP contribution in [0.1, 0.15) is 58.9 Å². The van der Waals surface area contributed by atoms with Crippen molar-refractivity contribution in [3.05, 3.63) is 105 Å². The summed E-state index contributed by atoms with van der Waals surface area (Å²) >= 11 is 0. The lowest BCUT2D eigenvalue weighted by Gasteiger charge is -2.30. The van der Waals surface area contributed by atoms with Crippen LogP contribution in [0.4, 0.5) is 0 Å². The van der Waals surface area contributed by atoms with Crippen LogP contribution in [0.15, 0.2) is 76.8 Å². The van der Waals surface area contributed by atoms with Crippen LogP contribution in [-0.4, -0.2) is 47.6 Å². The van der Waals surface area contributed by atoms with Crippen molar-refractivity contribution in [1.82, 2.24) is 8.87 Å². The van der Waals surface area contributed by atoms with Gasteiger partial charge in [-0.05, 0) is 54.0 Å². The summed E-state index contributed by atoms with van der Waals surface area (Å²) in [6, 6.07) is 19.9. The molecule has 0 bridgehead atoms. The number of hydrogen-bond acceptors (Lipinski definition) is 5. The largest absolute Gasteiger partial charge is 0.411 e. The van der Waals surface area contributed by atoms with Gasteiger partial charge in [0.2, 0.25) is 15.6 Å². The highest BCUT2D eigenvalue weighted by atomic mass is 32.2. The number of benzene rings is 2. The second-order valence-corrected chi connectivity index (χ2v) is 11.6. The van der Waals surface area contributed by atoms with Crippen LogP contribution < -0.4 is 5.56 Å². The monoisotopic (exact) mass is 507 g/mol. The van der Waals surface area contributed by atoms with Gasteiger partial charge in [0.1, 0.15) is 0 Å². The topological polar surface area (TPSA) is 92.0 Å². The summed E-state index contributed by atoms with van der Waals surface area (Å²) in [6.45, 7) is 3.17. The van der Waals surface area contributed by atoms with Gasteiger partial charge in [0.15, 0.2) is 0 Å². The molecule has 36 heavy (non-hydrogen) atoms. The number of hydrogen-bond donors (Lipinski definition) is 1. The van der Waals surface area contributed by atoms with Gasteiger partial charge in [0, 0.05) is 50.3 Å². The van der Waals surface area contributed by atoms with Gasteiger partial charge in [0.25, 0.3) is 0 Å². The van der Waals surface area contributed by atoms with Crippen LogP contribution in [0.5, 0.6) is 0 Å².